The first-order valence-corrected chi connectivity index (χ1v) is 5.79. The first-order valence-electron chi connectivity index (χ1n) is 4.91. The first-order chi connectivity index (χ1) is 7.17. The Labute approximate surface area is 90.7 Å². The molecule has 0 aliphatic heterocycles. The first kappa shape index (κ1) is 9.06. The monoisotopic (exact) mass is 221 g/mol. The second-order valence-corrected chi connectivity index (χ2v) is 4.95. The number of imidazole rings is 1. The van der Waals surface area contributed by atoms with Gasteiger partial charge in [0.2, 0.25) is 0 Å². The molecule has 0 aromatic carbocycles. The summed E-state index contributed by atoms with van der Waals surface area (Å²) in [6, 6.07) is 0. The topological polar surface area (TPSA) is 60.4 Å². The Morgan fingerprint density at radius 3 is 3.13 bits per heavy atom. The van der Waals surface area contributed by atoms with Gasteiger partial charge in [-0.25, -0.2) is 4.98 Å². The zero-order valence-corrected chi connectivity index (χ0v) is 8.96. The van der Waals surface area contributed by atoms with Crippen LogP contribution in [0.15, 0.2) is 17.8 Å². The van der Waals surface area contributed by atoms with Gasteiger partial charge in [0, 0.05) is 17.8 Å². The normalized spacial score (nSPS) is 18.2. The van der Waals surface area contributed by atoms with Crippen molar-refractivity contribution in [2.75, 3.05) is 0 Å². The summed E-state index contributed by atoms with van der Waals surface area (Å²) in [5.41, 5.74) is 6.12. The smallest absolute Gasteiger partial charge is 0.193 e. The zero-order chi connectivity index (χ0) is 10.5. The lowest BCUT2D eigenvalue weighted by atomic mass is 10.1. The van der Waals surface area contributed by atoms with E-state index in [1.54, 1.807) is 11.3 Å². The average Bonchev–Trinajstić information content (AvgIpc) is 2.64. The Hall–Kier alpha value is -1.20. The quantitative estimate of drug-likeness (QED) is 0.841. The molecule has 15 heavy (non-hydrogen) atoms. The van der Waals surface area contributed by atoms with Crippen molar-refractivity contribution in [1.29, 1.82) is 0 Å². The highest BCUT2D eigenvalue weighted by molar-refractivity contribution is 7.15. The van der Waals surface area contributed by atoms with E-state index in [0.717, 1.165) is 23.5 Å². The summed E-state index contributed by atoms with van der Waals surface area (Å²) in [4.78, 5) is 17.0. The third kappa shape index (κ3) is 1.48. The van der Waals surface area contributed by atoms with Crippen molar-refractivity contribution < 1.29 is 4.79 Å². The molecule has 2 aromatic heterocycles. The van der Waals surface area contributed by atoms with Crippen LogP contribution in [0, 0.1) is 0 Å². The van der Waals surface area contributed by atoms with Crippen LogP contribution in [0.25, 0.3) is 4.96 Å². The summed E-state index contributed by atoms with van der Waals surface area (Å²) in [6.45, 7) is 0. The molecule has 0 radical (unpaired) electrons. The molecule has 2 heterocycles. The summed E-state index contributed by atoms with van der Waals surface area (Å²) in [5, 5.41) is 1.97. The Balaban J connectivity index is 1.83. The van der Waals surface area contributed by atoms with E-state index in [0.29, 0.717) is 6.42 Å². The molecular formula is C10H11N3OS. The summed E-state index contributed by atoms with van der Waals surface area (Å²) in [7, 11) is 0. The van der Waals surface area contributed by atoms with Crippen LogP contribution in [0.5, 0.6) is 0 Å². The molecule has 2 aromatic rings. The molecule has 0 spiro atoms. The number of rotatable bonds is 3. The van der Waals surface area contributed by atoms with Crippen molar-refractivity contribution in [3.8, 4) is 0 Å². The molecule has 0 unspecified atom stereocenters. The fourth-order valence-electron chi connectivity index (χ4n) is 1.62. The number of thiazole rings is 1. The van der Waals surface area contributed by atoms with Gasteiger partial charge < -0.3 is 5.73 Å². The Morgan fingerprint density at radius 1 is 1.67 bits per heavy atom. The number of nitrogens with zero attached hydrogens (tertiary/aromatic N) is 2. The second-order valence-electron chi connectivity index (χ2n) is 4.08. The third-order valence-electron chi connectivity index (χ3n) is 2.83. The molecule has 78 valence electrons. The van der Waals surface area contributed by atoms with Crippen LogP contribution in [0.4, 0.5) is 0 Å². The Kier molecular flexibility index (Phi) is 1.75. The average molecular weight is 221 g/mol. The number of Topliss-reactive ketones (excluding diaryl/α,β-unsaturated/α-hetero) is 1. The Morgan fingerprint density at radius 2 is 2.47 bits per heavy atom. The van der Waals surface area contributed by atoms with E-state index in [1.807, 2.05) is 22.2 Å². The minimum atomic E-state index is -0.531. The maximum Gasteiger partial charge on any atom is 0.193 e. The predicted octanol–water partition coefficient (Wildman–Crippen LogP) is 0.999. The van der Waals surface area contributed by atoms with Gasteiger partial charge in [0.15, 0.2) is 10.7 Å². The van der Waals surface area contributed by atoms with E-state index in [9.17, 15) is 4.79 Å². The fraction of sp³-hybridized carbons (Fsp3) is 0.400. The molecule has 0 atom stereocenters. The standard InChI is InChI=1S/C10H11N3OS/c11-10(1-2-10)8(14)5-7-6-13-3-4-15-9(13)12-7/h3-4,6H,1-2,5,11H2. The third-order valence-corrected chi connectivity index (χ3v) is 3.60. The molecule has 1 fully saturated rings. The van der Waals surface area contributed by atoms with E-state index in [-0.39, 0.29) is 5.78 Å². The number of carbonyl (C=O) groups excluding carboxylic acids is 1. The second kappa shape index (κ2) is 2.90. The van der Waals surface area contributed by atoms with Crippen molar-refractivity contribution in [3.05, 3.63) is 23.5 Å². The molecule has 3 rings (SSSR count). The van der Waals surface area contributed by atoms with Crippen molar-refractivity contribution in [2.45, 2.75) is 24.8 Å². The summed E-state index contributed by atoms with van der Waals surface area (Å²) in [6.07, 6.45) is 5.86. The molecule has 1 saturated carbocycles. The van der Waals surface area contributed by atoms with Crippen LogP contribution in [0.3, 0.4) is 0 Å². The number of aromatic nitrogens is 2. The van der Waals surface area contributed by atoms with Crippen LogP contribution < -0.4 is 5.73 Å². The lowest BCUT2D eigenvalue weighted by Crippen LogP contribution is -2.34. The summed E-state index contributed by atoms with van der Waals surface area (Å²) >= 11 is 1.57. The van der Waals surface area contributed by atoms with Crippen LogP contribution >= 0.6 is 11.3 Å². The van der Waals surface area contributed by atoms with E-state index in [1.165, 1.54) is 0 Å². The minimum Gasteiger partial charge on any atom is -0.319 e. The van der Waals surface area contributed by atoms with Gasteiger partial charge in [-0.05, 0) is 12.8 Å². The highest BCUT2D eigenvalue weighted by atomic mass is 32.1. The maximum atomic E-state index is 11.7. The van der Waals surface area contributed by atoms with Crippen molar-refractivity contribution in [1.82, 2.24) is 9.38 Å². The number of carbonyl (C=O) groups is 1. The van der Waals surface area contributed by atoms with Gasteiger partial charge in [0.1, 0.15) is 0 Å². The van der Waals surface area contributed by atoms with Gasteiger partial charge in [-0.3, -0.25) is 9.20 Å². The van der Waals surface area contributed by atoms with Gasteiger partial charge in [0.05, 0.1) is 17.7 Å². The van der Waals surface area contributed by atoms with Crippen molar-refractivity contribution in [3.63, 3.8) is 0 Å². The van der Waals surface area contributed by atoms with Gasteiger partial charge in [-0.1, -0.05) is 0 Å². The number of nitrogens with two attached hydrogens (primary N) is 1. The number of hydrogen-bond donors (Lipinski definition) is 1. The van der Waals surface area contributed by atoms with Gasteiger partial charge in [-0.15, -0.1) is 11.3 Å². The highest BCUT2D eigenvalue weighted by Gasteiger charge is 2.45. The lowest BCUT2D eigenvalue weighted by Gasteiger charge is -2.04. The molecule has 1 aliphatic rings. The zero-order valence-electron chi connectivity index (χ0n) is 8.14. The largest absolute Gasteiger partial charge is 0.319 e. The Bertz CT molecular complexity index is 495. The molecule has 0 saturated heterocycles. The van der Waals surface area contributed by atoms with Crippen LogP contribution in [0.1, 0.15) is 18.5 Å². The fourth-order valence-corrected chi connectivity index (χ4v) is 2.33. The van der Waals surface area contributed by atoms with Crippen LogP contribution in [-0.4, -0.2) is 20.7 Å². The van der Waals surface area contributed by atoms with Gasteiger partial charge >= 0.3 is 0 Å². The number of hydrogen-bond acceptors (Lipinski definition) is 4. The molecule has 5 heteroatoms. The molecule has 4 nitrogen and oxygen atoms in total. The van der Waals surface area contributed by atoms with Gasteiger partial charge in [0.25, 0.3) is 0 Å². The van der Waals surface area contributed by atoms with E-state index < -0.39 is 5.54 Å². The highest BCUT2D eigenvalue weighted by Crippen LogP contribution is 2.34. The van der Waals surface area contributed by atoms with E-state index in [4.69, 9.17) is 5.73 Å². The van der Waals surface area contributed by atoms with Gasteiger partial charge in [-0.2, -0.15) is 0 Å². The number of ketones is 1. The maximum absolute atomic E-state index is 11.7. The molecule has 0 amide bonds. The van der Waals surface area contributed by atoms with E-state index in [2.05, 4.69) is 4.98 Å². The molecular weight excluding hydrogens is 210 g/mol. The molecule has 2 N–H and O–H groups in total. The van der Waals surface area contributed by atoms with Crippen LogP contribution in [-0.2, 0) is 11.2 Å². The molecule has 0 bridgehead atoms. The SMILES string of the molecule is NC1(C(=O)Cc2cn3ccsc3n2)CC1. The molecule has 1 aliphatic carbocycles. The predicted molar refractivity (Wildman–Crippen MR) is 57.9 cm³/mol. The van der Waals surface area contributed by atoms with Crippen molar-refractivity contribution >= 4 is 22.1 Å². The minimum absolute atomic E-state index is 0.119. The van der Waals surface area contributed by atoms with Crippen LogP contribution in [0.2, 0.25) is 0 Å². The summed E-state index contributed by atoms with van der Waals surface area (Å²) in [5.74, 6) is 0.119. The number of fused-ring (bicyclic) bond motifs is 1. The summed E-state index contributed by atoms with van der Waals surface area (Å²) < 4.78 is 1.93. The van der Waals surface area contributed by atoms with Crippen molar-refractivity contribution in [2.24, 2.45) is 5.73 Å². The van der Waals surface area contributed by atoms with E-state index >= 15 is 0 Å². The lowest BCUT2D eigenvalue weighted by molar-refractivity contribution is -0.120.